The zero-order valence-corrected chi connectivity index (χ0v) is 11.7. The zero-order chi connectivity index (χ0) is 13.0. The van der Waals surface area contributed by atoms with Gasteiger partial charge in [-0.05, 0) is 18.6 Å². The summed E-state index contributed by atoms with van der Waals surface area (Å²) < 4.78 is 0. The second-order valence-corrected chi connectivity index (χ2v) is 5.74. The minimum absolute atomic E-state index is 0.0522. The molecule has 0 aromatic carbocycles. The van der Waals surface area contributed by atoms with Gasteiger partial charge in [-0.3, -0.25) is 4.79 Å². The van der Waals surface area contributed by atoms with E-state index in [9.17, 15) is 4.79 Å². The Hall–Kier alpha value is -1.23. The lowest BCUT2D eigenvalue weighted by Crippen LogP contribution is -2.42. The molecule has 1 aromatic heterocycles. The number of hydrogen-bond donors (Lipinski definition) is 1. The van der Waals surface area contributed by atoms with Crippen LogP contribution in [0.15, 0.2) is 18.3 Å². The van der Waals surface area contributed by atoms with Crippen LogP contribution in [0.5, 0.6) is 0 Å². The second-order valence-electron chi connectivity index (χ2n) is 4.33. The average Bonchev–Trinajstić information content (AvgIpc) is 2.46. The summed E-state index contributed by atoms with van der Waals surface area (Å²) in [4.78, 5) is 18.4. The lowest BCUT2D eigenvalue weighted by Gasteiger charge is -2.31. The van der Waals surface area contributed by atoms with Gasteiger partial charge in [-0.2, -0.15) is 11.8 Å². The highest BCUT2D eigenvalue weighted by atomic mass is 32.2. The van der Waals surface area contributed by atoms with Crippen molar-refractivity contribution in [1.29, 1.82) is 0 Å². The number of aromatic nitrogens is 1. The van der Waals surface area contributed by atoms with Crippen molar-refractivity contribution in [3.8, 4) is 0 Å². The number of hydrogen-bond acceptors (Lipinski definition) is 4. The van der Waals surface area contributed by atoms with Crippen LogP contribution in [0.4, 0.5) is 5.69 Å². The van der Waals surface area contributed by atoms with E-state index in [-0.39, 0.29) is 5.91 Å². The number of carbonyl (C=O) groups excluding carboxylic acids is 1. The predicted molar refractivity (Wildman–Crippen MR) is 76.2 cm³/mol. The maximum atomic E-state index is 12.3. The summed E-state index contributed by atoms with van der Waals surface area (Å²) in [5.74, 6) is 1.08. The third kappa shape index (κ3) is 2.96. The first-order valence-corrected chi connectivity index (χ1v) is 7.34. The minimum Gasteiger partial charge on any atom is -0.387 e. The summed E-state index contributed by atoms with van der Waals surface area (Å²) in [6.07, 6.45) is 2.81. The molecule has 4 nitrogen and oxygen atoms in total. The van der Waals surface area contributed by atoms with Crippen molar-refractivity contribution < 1.29 is 4.79 Å². The van der Waals surface area contributed by atoms with Crippen LogP contribution < -0.4 is 5.32 Å². The normalized spacial score (nSPS) is 19.7. The molecule has 98 valence electrons. The molecule has 1 aromatic rings. The third-order valence-electron chi connectivity index (χ3n) is 3.15. The highest BCUT2D eigenvalue weighted by Gasteiger charge is 2.24. The van der Waals surface area contributed by atoms with Crippen LogP contribution >= 0.6 is 11.8 Å². The Balaban J connectivity index is 2.05. The molecule has 1 fully saturated rings. The number of rotatable bonds is 3. The van der Waals surface area contributed by atoms with Crippen LogP contribution in [0.2, 0.25) is 0 Å². The molecule has 0 spiro atoms. The molecule has 2 heterocycles. The molecule has 1 amide bonds. The van der Waals surface area contributed by atoms with Gasteiger partial charge in [0.1, 0.15) is 5.69 Å². The predicted octanol–water partition coefficient (Wildman–Crippen LogP) is 2.09. The van der Waals surface area contributed by atoms with E-state index in [1.54, 1.807) is 12.3 Å². The van der Waals surface area contributed by atoms with Gasteiger partial charge in [0.25, 0.3) is 5.91 Å². The van der Waals surface area contributed by atoms with Gasteiger partial charge < -0.3 is 10.2 Å². The van der Waals surface area contributed by atoms with Gasteiger partial charge in [0.2, 0.25) is 0 Å². The zero-order valence-electron chi connectivity index (χ0n) is 10.8. The highest BCUT2D eigenvalue weighted by molar-refractivity contribution is 8.00. The molecule has 1 aliphatic rings. The quantitative estimate of drug-likeness (QED) is 0.909. The van der Waals surface area contributed by atoms with E-state index in [1.165, 1.54) is 0 Å². The first kappa shape index (κ1) is 13.2. The Bertz CT molecular complexity index is 407. The Labute approximate surface area is 112 Å². The van der Waals surface area contributed by atoms with Crippen LogP contribution in [0.25, 0.3) is 0 Å². The first-order chi connectivity index (χ1) is 8.74. The first-order valence-electron chi connectivity index (χ1n) is 6.29. The maximum absolute atomic E-state index is 12.3. The summed E-state index contributed by atoms with van der Waals surface area (Å²) in [6.45, 7) is 3.84. The van der Waals surface area contributed by atoms with E-state index >= 15 is 0 Å². The number of thioether (sulfide) groups is 1. The van der Waals surface area contributed by atoms with E-state index in [0.29, 0.717) is 10.9 Å². The SMILES string of the molecule is CCC1CN(C(=O)c2ccc(NC)cn2)CCS1. The van der Waals surface area contributed by atoms with Crippen molar-refractivity contribution in [3.63, 3.8) is 0 Å². The summed E-state index contributed by atoms with van der Waals surface area (Å²) >= 11 is 1.96. The number of pyridine rings is 1. The average molecular weight is 265 g/mol. The highest BCUT2D eigenvalue weighted by Crippen LogP contribution is 2.22. The van der Waals surface area contributed by atoms with Crippen LogP contribution in [0.3, 0.4) is 0 Å². The van der Waals surface area contributed by atoms with Crippen molar-refractivity contribution >= 4 is 23.4 Å². The van der Waals surface area contributed by atoms with Crippen molar-refractivity contribution in [2.45, 2.75) is 18.6 Å². The lowest BCUT2D eigenvalue weighted by molar-refractivity contribution is 0.0755. The van der Waals surface area contributed by atoms with E-state index in [2.05, 4.69) is 17.2 Å². The largest absolute Gasteiger partial charge is 0.387 e. The number of carbonyl (C=O) groups is 1. The molecule has 2 rings (SSSR count). The van der Waals surface area contributed by atoms with Crippen molar-refractivity contribution in [1.82, 2.24) is 9.88 Å². The van der Waals surface area contributed by atoms with Crippen molar-refractivity contribution in [2.24, 2.45) is 0 Å². The second kappa shape index (κ2) is 6.09. The molecule has 1 unspecified atom stereocenters. The fourth-order valence-corrected chi connectivity index (χ4v) is 3.16. The molecule has 0 radical (unpaired) electrons. The molecular formula is C13H19N3OS. The topological polar surface area (TPSA) is 45.2 Å². The monoisotopic (exact) mass is 265 g/mol. The smallest absolute Gasteiger partial charge is 0.272 e. The summed E-state index contributed by atoms with van der Waals surface area (Å²) in [6, 6.07) is 3.67. The van der Waals surface area contributed by atoms with Gasteiger partial charge in [-0.25, -0.2) is 4.98 Å². The molecule has 1 saturated heterocycles. The Morgan fingerprint density at radius 2 is 2.44 bits per heavy atom. The summed E-state index contributed by atoms with van der Waals surface area (Å²) in [5.41, 5.74) is 1.46. The molecule has 0 aliphatic carbocycles. The standard InChI is InChI=1S/C13H19N3OS/c1-3-11-9-16(6-7-18-11)13(17)12-5-4-10(14-2)8-15-12/h4-5,8,11,14H,3,6-7,9H2,1-2H3. The number of anilines is 1. The van der Waals surface area contributed by atoms with E-state index in [0.717, 1.165) is 31.0 Å². The molecule has 18 heavy (non-hydrogen) atoms. The van der Waals surface area contributed by atoms with Crippen molar-refractivity contribution in [3.05, 3.63) is 24.0 Å². The van der Waals surface area contributed by atoms with Gasteiger partial charge in [-0.15, -0.1) is 0 Å². The Morgan fingerprint density at radius 3 is 3.06 bits per heavy atom. The van der Waals surface area contributed by atoms with E-state index in [4.69, 9.17) is 0 Å². The van der Waals surface area contributed by atoms with Crippen molar-refractivity contribution in [2.75, 3.05) is 31.2 Å². The molecule has 1 aliphatic heterocycles. The molecule has 5 heteroatoms. The number of nitrogens with one attached hydrogen (secondary N) is 1. The fraction of sp³-hybridized carbons (Fsp3) is 0.538. The van der Waals surface area contributed by atoms with Gasteiger partial charge in [0, 0.05) is 31.1 Å². The Morgan fingerprint density at radius 1 is 1.61 bits per heavy atom. The van der Waals surface area contributed by atoms with Gasteiger partial charge >= 0.3 is 0 Å². The number of amides is 1. The molecule has 1 atom stereocenters. The fourth-order valence-electron chi connectivity index (χ4n) is 1.98. The van der Waals surface area contributed by atoms with Crippen LogP contribution in [-0.4, -0.2) is 46.9 Å². The molecule has 0 saturated carbocycles. The molecular weight excluding hydrogens is 246 g/mol. The van der Waals surface area contributed by atoms with Gasteiger partial charge in [0.15, 0.2) is 0 Å². The van der Waals surface area contributed by atoms with Crippen LogP contribution in [-0.2, 0) is 0 Å². The van der Waals surface area contributed by atoms with Crippen LogP contribution in [0, 0.1) is 0 Å². The van der Waals surface area contributed by atoms with Gasteiger partial charge in [0.05, 0.1) is 11.9 Å². The van der Waals surface area contributed by atoms with Crippen LogP contribution in [0.1, 0.15) is 23.8 Å². The minimum atomic E-state index is 0.0522. The van der Waals surface area contributed by atoms with E-state index in [1.807, 2.05) is 29.8 Å². The molecule has 1 N–H and O–H groups in total. The molecule has 0 bridgehead atoms. The lowest BCUT2D eigenvalue weighted by atomic mass is 10.2. The number of nitrogens with zero attached hydrogens (tertiary/aromatic N) is 2. The summed E-state index contributed by atoms with van der Waals surface area (Å²) in [7, 11) is 1.84. The maximum Gasteiger partial charge on any atom is 0.272 e. The van der Waals surface area contributed by atoms with E-state index < -0.39 is 0 Å². The summed E-state index contributed by atoms with van der Waals surface area (Å²) in [5, 5.41) is 3.57. The Kier molecular flexibility index (Phi) is 4.47. The van der Waals surface area contributed by atoms with Gasteiger partial charge in [-0.1, -0.05) is 6.92 Å². The third-order valence-corrected chi connectivity index (χ3v) is 4.52.